The van der Waals surface area contributed by atoms with Crippen LogP contribution in [0.3, 0.4) is 0 Å². The molecule has 2 aromatic carbocycles. The van der Waals surface area contributed by atoms with Crippen molar-refractivity contribution in [3.05, 3.63) is 54.1 Å². The second-order valence-corrected chi connectivity index (χ2v) is 7.11. The van der Waals surface area contributed by atoms with Gasteiger partial charge < -0.3 is 19.7 Å². The molecule has 0 saturated heterocycles. The van der Waals surface area contributed by atoms with Gasteiger partial charge in [0.1, 0.15) is 0 Å². The number of hydrogen-bond donors (Lipinski definition) is 1. The molecular formula is C21H24N2O3. The monoisotopic (exact) mass is 352 g/mol. The highest BCUT2D eigenvalue weighted by Gasteiger charge is 2.44. The number of anilines is 1. The number of carbonyl (C=O) groups excluding carboxylic acids is 1. The quantitative estimate of drug-likeness (QED) is 0.850. The predicted molar refractivity (Wildman–Crippen MR) is 101 cm³/mol. The molecule has 26 heavy (non-hydrogen) atoms. The molecule has 1 N–H and O–H groups in total. The van der Waals surface area contributed by atoms with E-state index in [1.807, 2.05) is 55.5 Å². The minimum absolute atomic E-state index is 0.0213. The number of urea groups is 1. The Hall–Kier alpha value is -2.69. The van der Waals surface area contributed by atoms with E-state index < -0.39 is 5.79 Å². The van der Waals surface area contributed by atoms with Gasteiger partial charge in [-0.05, 0) is 37.5 Å². The van der Waals surface area contributed by atoms with Gasteiger partial charge in [-0.15, -0.1) is 0 Å². The van der Waals surface area contributed by atoms with Gasteiger partial charge in [0.15, 0.2) is 11.5 Å². The zero-order valence-electron chi connectivity index (χ0n) is 15.2. The van der Waals surface area contributed by atoms with Crippen molar-refractivity contribution in [2.45, 2.75) is 44.4 Å². The molecule has 2 aliphatic rings. The highest BCUT2D eigenvalue weighted by Crippen LogP contribution is 2.47. The van der Waals surface area contributed by atoms with Crippen LogP contribution in [0.4, 0.5) is 10.5 Å². The Kier molecular flexibility index (Phi) is 4.23. The summed E-state index contributed by atoms with van der Waals surface area (Å²) < 4.78 is 12.1. The van der Waals surface area contributed by atoms with Crippen molar-refractivity contribution in [3.63, 3.8) is 0 Å². The Morgan fingerprint density at radius 1 is 1.08 bits per heavy atom. The Morgan fingerprint density at radius 2 is 1.77 bits per heavy atom. The molecule has 0 unspecified atom stereocenters. The molecule has 2 aromatic rings. The highest BCUT2D eigenvalue weighted by molar-refractivity contribution is 5.89. The molecule has 1 atom stereocenters. The molecule has 1 spiro atoms. The maximum Gasteiger partial charge on any atom is 0.322 e. The van der Waals surface area contributed by atoms with Crippen LogP contribution < -0.4 is 14.8 Å². The number of nitrogens with one attached hydrogen (secondary N) is 1. The topological polar surface area (TPSA) is 50.8 Å². The van der Waals surface area contributed by atoms with E-state index in [-0.39, 0.29) is 12.1 Å². The number of nitrogens with zero attached hydrogens (tertiary/aromatic N) is 1. The summed E-state index contributed by atoms with van der Waals surface area (Å²) in [6.07, 6.45) is 4.08. The van der Waals surface area contributed by atoms with Crippen molar-refractivity contribution in [2.75, 3.05) is 12.4 Å². The van der Waals surface area contributed by atoms with Gasteiger partial charge in [-0.2, -0.15) is 0 Å². The summed E-state index contributed by atoms with van der Waals surface area (Å²) in [6.45, 7) is 2.01. The predicted octanol–water partition coefficient (Wildman–Crippen LogP) is 4.95. The van der Waals surface area contributed by atoms with Crippen LogP contribution >= 0.6 is 0 Å². The SMILES string of the molecule is C[C@@H](c1ccccc1)N(C)C(=O)Nc1ccc2c(c1)OC1(CCCC1)O2. The first kappa shape index (κ1) is 16.8. The Bertz CT molecular complexity index is 800. The van der Waals surface area contributed by atoms with Crippen LogP contribution in [-0.2, 0) is 0 Å². The molecule has 136 valence electrons. The second kappa shape index (κ2) is 6.56. The maximum absolute atomic E-state index is 12.6. The minimum atomic E-state index is -0.483. The van der Waals surface area contributed by atoms with E-state index in [1.165, 1.54) is 0 Å². The Morgan fingerprint density at radius 3 is 2.50 bits per heavy atom. The van der Waals surface area contributed by atoms with Crippen LogP contribution in [-0.4, -0.2) is 23.8 Å². The van der Waals surface area contributed by atoms with Crippen molar-refractivity contribution in [2.24, 2.45) is 0 Å². The fourth-order valence-electron chi connectivity index (χ4n) is 3.63. The third kappa shape index (κ3) is 3.09. The van der Waals surface area contributed by atoms with Gasteiger partial charge in [-0.25, -0.2) is 4.79 Å². The normalized spacial score (nSPS) is 17.9. The average molecular weight is 352 g/mol. The fourth-order valence-corrected chi connectivity index (χ4v) is 3.63. The summed E-state index contributed by atoms with van der Waals surface area (Å²) in [4.78, 5) is 14.3. The summed E-state index contributed by atoms with van der Waals surface area (Å²) in [7, 11) is 1.80. The Balaban J connectivity index is 1.44. The molecule has 0 radical (unpaired) electrons. The fraction of sp³-hybridized carbons (Fsp3) is 0.381. The van der Waals surface area contributed by atoms with E-state index in [9.17, 15) is 4.79 Å². The maximum atomic E-state index is 12.6. The average Bonchev–Trinajstić information content (AvgIpc) is 3.26. The van der Waals surface area contributed by atoms with Gasteiger partial charge in [0.25, 0.3) is 5.79 Å². The first-order valence-electron chi connectivity index (χ1n) is 9.17. The summed E-state index contributed by atoms with van der Waals surface area (Å²) in [5.41, 5.74) is 1.80. The van der Waals surface area contributed by atoms with Gasteiger partial charge in [0, 0.05) is 31.6 Å². The molecule has 1 fully saturated rings. The van der Waals surface area contributed by atoms with Crippen molar-refractivity contribution >= 4 is 11.7 Å². The standard InChI is InChI=1S/C21H24N2O3/c1-15(16-8-4-3-5-9-16)23(2)20(24)22-17-10-11-18-19(14-17)26-21(25-18)12-6-7-13-21/h3-5,8-11,14-15H,6-7,12-13H2,1-2H3,(H,22,24)/t15-/m0/s1. The van der Waals surface area contributed by atoms with Gasteiger partial charge in [-0.1, -0.05) is 30.3 Å². The lowest BCUT2D eigenvalue weighted by molar-refractivity contribution is -0.0716. The molecule has 1 heterocycles. The van der Waals surface area contributed by atoms with E-state index in [1.54, 1.807) is 11.9 Å². The van der Waals surface area contributed by atoms with E-state index in [0.717, 1.165) is 37.0 Å². The minimum Gasteiger partial charge on any atom is -0.448 e. The van der Waals surface area contributed by atoms with Crippen molar-refractivity contribution in [1.82, 2.24) is 4.90 Å². The van der Waals surface area contributed by atoms with Crippen molar-refractivity contribution < 1.29 is 14.3 Å². The lowest BCUT2D eigenvalue weighted by atomic mass is 10.1. The zero-order chi connectivity index (χ0) is 18.1. The van der Waals surface area contributed by atoms with Gasteiger partial charge in [0.2, 0.25) is 0 Å². The number of rotatable bonds is 3. The van der Waals surface area contributed by atoms with Crippen LogP contribution in [0.25, 0.3) is 0 Å². The molecule has 0 aromatic heterocycles. The van der Waals surface area contributed by atoms with Crippen molar-refractivity contribution in [3.8, 4) is 11.5 Å². The number of amides is 2. The van der Waals surface area contributed by atoms with Crippen LogP contribution in [0.2, 0.25) is 0 Å². The van der Waals surface area contributed by atoms with Crippen LogP contribution in [0.5, 0.6) is 11.5 Å². The molecule has 0 bridgehead atoms. The highest BCUT2D eigenvalue weighted by atomic mass is 16.7. The van der Waals surface area contributed by atoms with Crippen molar-refractivity contribution in [1.29, 1.82) is 0 Å². The summed E-state index contributed by atoms with van der Waals surface area (Å²) >= 11 is 0. The summed E-state index contributed by atoms with van der Waals surface area (Å²) in [5.74, 6) is 0.989. The third-order valence-electron chi connectivity index (χ3n) is 5.34. The van der Waals surface area contributed by atoms with Gasteiger partial charge in [-0.3, -0.25) is 0 Å². The molecule has 2 amide bonds. The van der Waals surface area contributed by atoms with E-state index >= 15 is 0 Å². The largest absolute Gasteiger partial charge is 0.448 e. The number of carbonyl (C=O) groups is 1. The van der Waals surface area contributed by atoms with Crippen LogP contribution in [0, 0.1) is 0 Å². The van der Waals surface area contributed by atoms with Gasteiger partial charge in [0.05, 0.1) is 6.04 Å². The number of benzene rings is 2. The lowest BCUT2D eigenvalue weighted by Crippen LogP contribution is -2.34. The number of hydrogen-bond acceptors (Lipinski definition) is 3. The molecule has 4 rings (SSSR count). The van der Waals surface area contributed by atoms with Gasteiger partial charge >= 0.3 is 6.03 Å². The summed E-state index contributed by atoms with van der Waals surface area (Å²) in [5, 5.41) is 2.95. The first-order valence-corrected chi connectivity index (χ1v) is 9.17. The zero-order valence-corrected chi connectivity index (χ0v) is 15.2. The smallest absolute Gasteiger partial charge is 0.322 e. The van der Waals surface area contributed by atoms with E-state index in [0.29, 0.717) is 11.4 Å². The molecule has 1 aliphatic heterocycles. The number of fused-ring (bicyclic) bond motifs is 1. The lowest BCUT2D eigenvalue weighted by Gasteiger charge is -2.25. The van der Waals surface area contributed by atoms with E-state index in [2.05, 4.69) is 5.32 Å². The van der Waals surface area contributed by atoms with Crippen LogP contribution in [0.1, 0.15) is 44.2 Å². The second-order valence-electron chi connectivity index (χ2n) is 7.11. The number of ether oxygens (including phenoxy) is 2. The van der Waals surface area contributed by atoms with Crippen LogP contribution in [0.15, 0.2) is 48.5 Å². The molecule has 1 aliphatic carbocycles. The molecular weight excluding hydrogens is 328 g/mol. The van der Waals surface area contributed by atoms with E-state index in [4.69, 9.17) is 9.47 Å². The first-order chi connectivity index (χ1) is 12.6. The third-order valence-corrected chi connectivity index (χ3v) is 5.34. The summed E-state index contributed by atoms with van der Waals surface area (Å²) in [6, 6.07) is 15.4. The molecule has 5 nitrogen and oxygen atoms in total. The Labute approximate surface area is 153 Å². The molecule has 1 saturated carbocycles. The molecule has 5 heteroatoms.